The topological polar surface area (TPSA) is 165 Å². The maximum atomic E-state index is 12.6. The smallest absolute Gasteiger partial charge is 0.325 e. The number of ketones is 1. The van der Waals surface area contributed by atoms with Crippen LogP contribution in [0.25, 0.3) is 0 Å². The summed E-state index contributed by atoms with van der Waals surface area (Å²) in [7, 11) is 0. The molecule has 0 saturated carbocycles. The lowest BCUT2D eigenvalue weighted by Gasteiger charge is -2.47. The molecule has 0 aromatic heterocycles. The lowest BCUT2D eigenvalue weighted by Crippen LogP contribution is -2.75. The van der Waals surface area contributed by atoms with E-state index in [0.29, 0.717) is 6.42 Å². The van der Waals surface area contributed by atoms with Gasteiger partial charge in [-0.05, 0) is 18.4 Å². The van der Waals surface area contributed by atoms with Crippen molar-refractivity contribution in [1.82, 2.24) is 0 Å². The van der Waals surface area contributed by atoms with Gasteiger partial charge in [-0.3, -0.25) is 9.59 Å². The number of carbonyl (C=O) groups excluding carboxylic acids is 2. The molecule has 1 heterocycles. The Morgan fingerprint density at radius 1 is 1.28 bits per heavy atom. The molecule has 0 aliphatic carbocycles. The second kappa shape index (κ2) is 11.0. The monoisotopic (exact) mass is 432 g/mol. The molecule has 0 amide bonds. The van der Waals surface area contributed by atoms with Crippen LogP contribution in [-0.2, 0) is 25.5 Å². The van der Waals surface area contributed by atoms with E-state index in [9.17, 15) is 24.9 Å². The molecule has 2 unspecified atom stereocenters. The molecule has 7 N–H and O–H groups in total. The Morgan fingerprint density at radius 2 is 1.90 bits per heavy atom. The first-order valence-electron chi connectivity index (χ1n) is 9.20. The number of aliphatic hydroxyl groups is 3. The highest BCUT2D eigenvalue weighted by Crippen LogP contribution is 2.31. The van der Waals surface area contributed by atoms with Gasteiger partial charge < -0.3 is 36.3 Å². The number of nitrogens with two attached hydrogens (primary N) is 2. The molecule has 0 spiro atoms. The molecule has 6 atom stereocenters. The maximum absolute atomic E-state index is 12.6. The summed E-state index contributed by atoms with van der Waals surface area (Å²) in [5.41, 5.74) is 10.6. The first kappa shape index (κ1) is 25.4. The van der Waals surface area contributed by atoms with Gasteiger partial charge >= 0.3 is 5.97 Å². The SMILES string of the molecule is CCCC(=O)[C@]1(N)C(OC(=O)C(N)Cc2ccccc2)O[C@H](CO)[C@@H](O)[C@@H]1O.Cl. The van der Waals surface area contributed by atoms with Gasteiger partial charge in [0.1, 0.15) is 24.4 Å². The fraction of sp³-hybridized carbons (Fsp3) is 0.579. The molecule has 164 valence electrons. The number of carbonyl (C=O) groups is 2. The van der Waals surface area contributed by atoms with Gasteiger partial charge in [-0.1, -0.05) is 37.3 Å². The molecule has 0 bridgehead atoms. The standard InChI is InChI=1S/C19H28N2O7.ClH/c1-2-6-14(23)19(21)16(25)15(24)13(10-22)27-18(19)28-17(26)12(20)9-11-7-4-3-5-8-11;/h3-5,7-8,12-13,15-16,18,22,24-25H,2,6,9-10,20-21H2,1H3;1H/t12?,13-,15-,16+,18?,19-;/m1./s1. The van der Waals surface area contributed by atoms with Crippen molar-refractivity contribution in [3.63, 3.8) is 0 Å². The lowest BCUT2D eigenvalue weighted by molar-refractivity contribution is -0.278. The highest BCUT2D eigenvalue weighted by Gasteiger charge is 2.59. The maximum Gasteiger partial charge on any atom is 0.325 e. The summed E-state index contributed by atoms with van der Waals surface area (Å²) in [4.78, 5) is 25.0. The number of esters is 1. The molecule has 1 aromatic rings. The second-order valence-corrected chi connectivity index (χ2v) is 6.96. The number of hydrogen-bond donors (Lipinski definition) is 5. The van der Waals surface area contributed by atoms with Crippen LogP contribution in [0.15, 0.2) is 30.3 Å². The van der Waals surface area contributed by atoms with Crippen LogP contribution in [0, 0.1) is 0 Å². The second-order valence-electron chi connectivity index (χ2n) is 6.96. The zero-order chi connectivity index (χ0) is 20.9. The number of benzene rings is 1. The zero-order valence-electron chi connectivity index (χ0n) is 16.1. The summed E-state index contributed by atoms with van der Waals surface area (Å²) in [5.74, 6) is -1.51. The van der Waals surface area contributed by atoms with Crippen LogP contribution in [-0.4, -0.2) is 69.9 Å². The molecule has 9 nitrogen and oxygen atoms in total. The van der Waals surface area contributed by atoms with Gasteiger partial charge in [0.05, 0.1) is 6.61 Å². The number of rotatable bonds is 8. The molecule has 29 heavy (non-hydrogen) atoms. The molecule has 1 saturated heterocycles. The largest absolute Gasteiger partial charge is 0.432 e. The van der Waals surface area contributed by atoms with Crippen LogP contribution in [0.3, 0.4) is 0 Å². The lowest BCUT2D eigenvalue weighted by atomic mass is 9.79. The Morgan fingerprint density at radius 3 is 2.45 bits per heavy atom. The highest BCUT2D eigenvalue weighted by atomic mass is 35.5. The quantitative estimate of drug-likeness (QED) is 0.325. The average Bonchev–Trinajstić information content (AvgIpc) is 2.69. The highest BCUT2D eigenvalue weighted by molar-refractivity contribution is 5.90. The minimum Gasteiger partial charge on any atom is -0.432 e. The van der Waals surface area contributed by atoms with Crippen molar-refractivity contribution in [2.24, 2.45) is 11.5 Å². The fourth-order valence-electron chi connectivity index (χ4n) is 3.14. The Labute approximate surface area is 175 Å². The van der Waals surface area contributed by atoms with E-state index in [1.54, 1.807) is 31.2 Å². The van der Waals surface area contributed by atoms with Crippen LogP contribution in [0.5, 0.6) is 0 Å². The normalized spacial score (nSPS) is 30.1. The summed E-state index contributed by atoms with van der Waals surface area (Å²) in [6.07, 6.45) is -5.79. The summed E-state index contributed by atoms with van der Waals surface area (Å²) in [5, 5.41) is 29.9. The number of halogens is 1. The number of ether oxygens (including phenoxy) is 2. The van der Waals surface area contributed by atoms with E-state index in [0.717, 1.165) is 5.56 Å². The molecule has 0 radical (unpaired) electrons. The zero-order valence-corrected chi connectivity index (χ0v) is 17.0. The van der Waals surface area contributed by atoms with Crippen molar-refractivity contribution in [2.45, 2.75) is 62.4 Å². The molecule has 1 aliphatic rings. The van der Waals surface area contributed by atoms with E-state index in [1.807, 2.05) is 6.07 Å². The van der Waals surface area contributed by atoms with Crippen LogP contribution in [0.1, 0.15) is 25.3 Å². The van der Waals surface area contributed by atoms with E-state index < -0.39 is 54.5 Å². The minimum atomic E-state index is -2.18. The molecule has 1 aliphatic heterocycles. The van der Waals surface area contributed by atoms with E-state index in [1.165, 1.54) is 0 Å². The summed E-state index contributed by atoms with van der Waals surface area (Å²) < 4.78 is 10.6. The van der Waals surface area contributed by atoms with Crippen molar-refractivity contribution < 1.29 is 34.4 Å². The first-order valence-corrected chi connectivity index (χ1v) is 9.20. The Kier molecular flexibility index (Phi) is 9.63. The molecular weight excluding hydrogens is 404 g/mol. The number of Topliss-reactive ketones (excluding diaryl/α,β-unsaturated/α-hetero) is 1. The minimum absolute atomic E-state index is 0. The van der Waals surface area contributed by atoms with Gasteiger partial charge in [-0.25, -0.2) is 0 Å². The fourth-order valence-corrected chi connectivity index (χ4v) is 3.14. The van der Waals surface area contributed by atoms with Gasteiger partial charge in [-0.15, -0.1) is 12.4 Å². The van der Waals surface area contributed by atoms with Crippen molar-refractivity contribution in [3.8, 4) is 0 Å². The number of aliphatic hydroxyl groups excluding tert-OH is 3. The molecule has 2 rings (SSSR count). The van der Waals surface area contributed by atoms with Gasteiger partial charge in [0.15, 0.2) is 11.3 Å². The summed E-state index contributed by atoms with van der Waals surface area (Å²) >= 11 is 0. The third-order valence-corrected chi connectivity index (χ3v) is 4.85. The third-order valence-electron chi connectivity index (χ3n) is 4.85. The van der Waals surface area contributed by atoms with Crippen LogP contribution in [0.4, 0.5) is 0 Å². The Bertz CT molecular complexity index is 678. The summed E-state index contributed by atoms with van der Waals surface area (Å²) in [6, 6.07) is 7.96. The van der Waals surface area contributed by atoms with Gasteiger partial charge in [-0.2, -0.15) is 0 Å². The van der Waals surface area contributed by atoms with Crippen molar-refractivity contribution in [3.05, 3.63) is 35.9 Å². The molecule has 1 fully saturated rings. The van der Waals surface area contributed by atoms with E-state index >= 15 is 0 Å². The first-order chi connectivity index (χ1) is 13.2. The van der Waals surface area contributed by atoms with Crippen LogP contribution in [0.2, 0.25) is 0 Å². The Balaban J connectivity index is 0.00000420. The van der Waals surface area contributed by atoms with Crippen molar-refractivity contribution in [1.29, 1.82) is 0 Å². The third kappa shape index (κ3) is 5.52. The average molecular weight is 433 g/mol. The van der Waals surface area contributed by atoms with Gasteiger partial charge in [0, 0.05) is 6.42 Å². The molecular formula is C19H29ClN2O7. The predicted octanol–water partition coefficient (Wildman–Crippen LogP) is -0.973. The van der Waals surface area contributed by atoms with Crippen LogP contribution < -0.4 is 11.5 Å². The predicted molar refractivity (Wildman–Crippen MR) is 106 cm³/mol. The van der Waals surface area contributed by atoms with Crippen molar-refractivity contribution in [2.75, 3.05) is 6.61 Å². The number of hydrogen-bond acceptors (Lipinski definition) is 9. The molecule has 1 aromatic carbocycles. The van der Waals surface area contributed by atoms with E-state index in [-0.39, 0.29) is 25.2 Å². The van der Waals surface area contributed by atoms with E-state index in [4.69, 9.17) is 20.9 Å². The van der Waals surface area contributed by atoms with Crippen molar-refractivity contribution >= 4 is 24.2 Å². The molecule has 10 heteroatoms. The Hall–Kier alpha value is -1.59. The van der Waals surface area contributed by atoms with Crippen LogP contribution >= 0.6 is 12.4 Å². The van der Waals surface area contributed by atoms with Gasteiger partial charge in [0.25, 0.3) is 0 Å². The summed E-state index contributed by atoms with van der Waals surface area (Å²) in [6.45, 7) is 1.07. The van der Waals surface area contributed by atoms with Gasteiger partial charge in [0.2, 0.25) is 6.29 Å². The van der Waals surface area contributed by atoms with E-state index in [2.05, 4.69) is 0 Å².